The number of hydrogen-bond donors (Lipinski definition) is 0. The van der Waals surface area contributed by atoms with E-state index in [1.807, 2.05) is 0 Å². The van der Waals surface area contributed by atoms with E-state index < -0.39 is 0 Å². The van der Waals surface area contributed by atoms with Crippen molar-refractivity contribution < 1.29 is 0 Å². The van der Waals surface area contributed by atoms with E-state index >= 15 is 0 Å². The summed E-state index contributed by atoms with van der Waals surface area (Å²) in [6.07, 6.45) is 7.57. The minimum atomic E-state index is -0.0590. The van der Waals surface area contributed by atoms with Gasteiger partial charge in [0.15, 0.2) is 0 Å². The predicted molar refractivity (Wildman–Crippen MR) is 39.1 cm³/mol. The average Bonchev–Trinajstić information content (AvgIpc) is 2.16. The molecule has 0 aromatic carbocycles. The monoisotopic (exact) mass is 135 g/mol. The minimum absolute atomic E-state index is 0.0590. The van der Waals surface area contributed by atoms with Crippen LogP contribution in [0.2, 0.25) is 0 Å². The molecule has 1 N–H and O–H groups in total. The molecule has 0 aliphatic heterocycles. The molecule has 4 unspecified atom stereocenters. The normalized spacial score (nSPS) is 63.9. The van der Waals surface area contributed by atoms with E-state index in [-0.39, 0.29) is 5.54 Å². The molecule has 0 amide bonds. The molecule has 0 aromatic rings. The maximum absolute atomic E-state index is 8.02. The van der Waals surface area contributed by atoms with Gasteiger partial charge in [-0.15, -0.1) is 0 Å². The quantitative estimate of drug-likeness (QED) is 0.482. The number of rotatable bonds is 0. The molecular formula is C9H13N. The first kappa shape index (κ1) is 5.59. The van der Waals surface area contributed by atoms with Gasteiger partial charge in [-0.2, -0.15) is 0 Å². The molecule has 0 heterocycles. The summed E-state index contributed by atoms with van der Waals surface area (Å²) in [5.74, 6) is 2.72. The Bertz CT molecular complexity index is 156. The lowest BCUT2D eigenvalue weighted by Crippen LogP contribution is -2.35. The molecule has 4 aliphatic carbocycles. The molecule has 4 atom stereocenters. The molecule has 1 nitrogen and oxygen atoms in total. The molecule has 0 aromatic heterocycles. The Morgan fingerprint density at radius 3 is 2.80 bits per heavy atom. The first-order valence-corrected chi connectivity index (χ1v) is 4.36. The fraction of sp³-hybridized carbons (Fsp3) is 0.889. The first-order chi connectivity index (χ1) is 4.75. The van der Waals surface area contributed by atoms with E-state index in [1.165, 1.54) is 25.7 Å². The third-order valence-corrected chi connectivity index (χ3v) is 3.66. The van der Waals surface area contributed by atoms with Crippen LogP contribution in [0, 0.1) is 24.2 Å². The Morgan fingerprint density at radius 2 is 2.20 bits per heavy atom. The Balaban J connectivity index is 2.01. The van der Waals surface area contributed by atoms with Crippen LogP contribution in [0.5, 0.6) is 0 Å². The van der Waals surface area contributed by atoms with Crippen LogP contribution in [0.4, 0.5) is 0 Å². The van der Waals surface area contributed by atoms with Crippen molar-refractivity contribution >= 4 is 0 Å². The van der Waals surface area contributed by atoms with E-state index in [2.05, 4.69) is 6.42 Å². The molecule has 54 valence electrons. The lowest BCUT2D eigenvalue weighted by atomic mass is 9.77. The Labute approximate surface area is 62.0 Å². The van der Waals surface area contributed by atoms with E-state index in [1.54, 1.807) is 0 Å². The summed E-state index contributed by atoms with van der Waals surface area (Å²) < 4.78 is 0. The van der Waals surface area contributed by atoms with Crippen molar-refractivity contribution in [1.82, 2.24) is 5.73 Å². The van der Waals surface area contributed by atoms with Crippen LogP contribution in [0.1, 0.15) is 25.7 Å². The molecule has 4 bridgehead atoms. The van der Waals surface area contributed by atoms with Crippen LogP contribution in [0.15, 0.2) is 0 Å². The summed E-state index contributed by atoms with van der Waals surface area (Å²) in [7, 11) is 0. The molecular weight excluding hydrogens is 122 g/mol. The average molecular weight is 135 g/mol. The van der Waals surface area contributed by atoms with Crippen LogP contribution in [-0.4, -0.2) is 5.54 Å². The highest BCUT2D eigenvalue weighted by atomic mass is 14.8. The third kappa shape index (κ3) is 0.531. The second-order valence-corrected chi connectivity index (χ2v) is 4.49. The van der Waals surface area contributed by atoms with Gasteiger partial charge in [-0.1, -0.05) is 0 Å². The lowest BCUT2D eigenvalue weighted by Gasteiger charge is -2.33. The molecule has 0 spiro atoms. The Hall–Kier alpha value is -0.0400. The Morgan fingerprint density at radius 1 is 1.30 bits per heavy atom. The number of nitrogens with one attached hydrogen (secondary N) is 1. The van der Waals surface area contributed by atoms with Crippen LogP contribution in [0.25, 0.3) is 0 Å². The van der Waals surface area contributed by atoms with Crippen molar-refractivity contribution in [1.29, 1.82) is 0 Å². The lowest BCUT2D eigenvalue weighted by molar-refractivity contribution is 0.265. The zero-order valence-electron chi connectivity index (χ0n) is 6.14. The second kappa shape index (κ2) is 1.42. The van der Waals surface area contributed by atoms with Gasteiger partial charge in [0.05, 0.1) is 0 Å². The highest BCUT2D eigenvalue weighted by Gasteiger charge is 2.54. The van der Waals surface area contributed by atoms with Gasteiger partial charge < -0.3 is 0 Å². The molecule has 0 saturated heterocycles. The van der Waals surface area contributed by atoms with Crippen molar-refractivity contribution in [3.8, 4) is 0 Å². The van der Waals surface area contributed by atoms with Crippen molar-refractivity contribution in [2.75, 3.05) is 0 Å². The second-order valence-electron chi connectivity index (χ2n) is 4.49. The van der Waals surface area contributed by atoms with Gasteiger partial charge in [-0.3, -0.25) is 5.73 Å². The van der Waals surface area contributed by atoms with Gasteiger partial charge in [-0.05, 0) is 49.9 Å². The first-order valence-electron chi connectivity index (χ1n) is 4.36. The molecule has 1 heteroatoms. The molecule has 4 rings (SSSR count). The van der Waals surface area contributed by atoms with E-state index in [0.717, 1.165) is 17.8 Å². The molecule has 2 radical (unpaired) electrons. The molecule has 4 aliphatic rings. The van der Waals surface area contributed by atoms with Crippen LogP contribution in [-0.2, 0) is 0 Å². The smallest absolute Gasteiger partial charge is 0.0363 e. The van der Waals surface area contributed by atoms with Crippen LogP contribution < -0.4 is 5.73 Å². The third-order valence-electron chi connectivity index (χ3n) is 3.66. The maximum Gasteiger partial charge on any atom is 0.0363 e. The standard InChI is InChI=1S/C9H13N/c10-9-3-6-1-7(4-9)8(2-6)5-9/h4,6-8,10H,1-3,5H2. The van der Waals surface area contributed by atoms with Crippen LogP contribution >= 0.6 is 0 Å². The highest BCUT2D eigenvalue weighted by molar-refractivity contribution is 5.18. The summed E-state index contributed by atoms with van der Waals surface area (Å²) in [5.41, 5.74) is 7.96. The molecule has 4 fully saturated rings. The van der Waals surface area contributed by atoms with Crippen molar-refractivity contribution in [2.24, 2.45) is 17.8 Å². The SMILES string of the molecule is [NH]C12[CH]C3CC(CC3C1)C2. The highest BCUT2D eigenvalue weighted by Crippen LogP contribution is 2.58. The fourth-order valence-corrected chi connectivity index (χ4v) is 3.49. The van der Waals surface area contributed by atoms with Gasteiger partial charge in [0.2, 0.25) is 0 Å². The summed E-state index contributed by atoms with van der Waals surface area (Å²) in [4.78, 5) is 0. The van der Waals surface area contributed by atoms with Gasteiger partial charge in [0.25, 0.3) is 0 Å². The summed E-state index contributed by atoms with van der Waals surface area (Å²) in [6.45, 7) is 0. The fourth-order valence-electron chi connectivity index (χ4n) is 3.49. The minimum Gasteiger partial charge on any atom is -0.251 e. The topological polar surface area (TPSA) is 23.8 Å². The van der Waals surface area contributed by atoms with E-state index in [9.17, 15) is 0 Å². The maximum atomic E-state index is 8.02. The largest absolute Gasteiger partial charge is 0.251 e. The van der Waals surface area contributed by atoms with Crippen molar-refractivity contribution in [2.45, 2.75) is 31.2 Å². The van der Waals surface area contributed by atoms with E-state index in [0.29, 0.717) is 0 Å². The Kier molecular flexibility index (Phi) is 0.797. The van der Waals surface area contributed by atoms with Gasteiger partial charge in [-0.25, -0.2) is 0 Å². The summed E-state index contributed by atoms with van der Waals surface area (Å²) in [5, 5.41) is 0. The van der Waals surface area contributed by atoms with Gasteiger partial charge in [0.1, 0.15) is 0 Å². The van der Waals surface area contributed by atoms with Gasteiger partial charge in [0, 0.05) is 5.54 Å². The summed E-state index contributed by atoms with van der Waals surface area (Å²) in [6, 6.07) is 0. The zero-order valence-corrected chi connectivity index (χ0v) is 6.14. The zero-order chi connectivity index (χ0) is 6.77. The summed E-state index contributed by atoms with van der Waals surface area (Å²) >= 11 is 0. The van der Waals surface area contributed by atoms with Crippen molar-refractivity contribution in [3.63, 3.8) is 0 Å². The molecule has 10 heavy (non-hydrogen) atoms. The predicted octanol–water partition coefficient (Wildman–Crippen LogP) is 1.66. The van der Waals surface area contributed by atoms with Crippen molar-refractivity contribution in [3.05, 3.63) is 6.42 Å². The van der Waals surface area contributed by atoms with Gasteiger partial charge >= 0.3 is 0 Å². The molecule has 4 saturated carbocycles. The van der Waals surface area contributed by atoms with E-state index in [4.69, 9.17) is 5.73 Å². The number of hydrogen-bond acceptors (Lipinski definition) is 0. The van der Waals surface area contributed by atoms with Crippen LogP contribution in [0.3, 0.4) is 0 Å².